The first-order chi connectivity index (χ1) is 7.63. The van der Waals surface area contributed by atoms with E-state index >= 15 is 0 Å². The molecule has 4 heteroatoms. The summed E-state index contributed by atoms with van der Waals surface area (Å²) in [6, 6.07) is 0.560. The van der Waals surface area contributed by atoms with Gasteiger partial charge in [-0.15, -0.1) is 0 Å². The lowest BCUT2D eigenvalue weighted by Crippen LogP contribution is -2.40. The summed E-state index contributed by atoms with van der Waals surface area (Å²) in [4.78, 5) is 2.46. The van der Waals surface area contributed by atoms with Gasteiger partial charge in [0, 0.05) is 33.4 Å². The molecule has 4 unspecified atom stereocenters. The molecule has 0 spiro atoms. The molecular weight excluding hydrogens is 204 g/mol. The summed E-state index contributed by atoms with van der Waals surface area (Å²) in [6.07, 6.45) is 0.434. The van der Waals surface area contributed by atoms with Crippen LogP contribution in [0.3, 0.4) is 0 Å². The van der Waals surface area contributed by atoms with Gasteiger partial charge in [-0.1, -0.05) is 6.92 Å². The SMILES string of the molecule is CNCC(C)C(C)N1CC(OC)C(OC)C1. The zero-order valence-corrected chi connectivity index (χ0v) is 11.2. The van der Waals surface area contributed by atoms with E-state index in [0.717, 1.165) is 19.6 Å². The van der Waals surface area contributed by atoms with Crippen LogP contribution in [0, 0.1) is 5.92 Å². The van der Waals surface area contributed by atoms with Gasteiger partial charge in [0.25, 0.3) is 0 Å². The second-order valence-electron chi connectivity index (χ2n) is 4.78. The summed E-state index contributed by atoms with van der Waals surface area (Å²) in [6.45, 7) is 7.57. The summed E-state index contributed by atoms with van der Waals surface area (Å²) < 4.78 is 10.9. The molecule has 1 aliphatic rings. The Hall–Kier alpha value is -0.160. The highest BCUT2D eigenvalue weighted by Gasteiger charge is 2.36. The van der Waals surface area contributed by atoms with E-state index in [0.29, 0.717) is 12.0 Å². The van der Waals surface area contributed by atoms with E-state index in [-0.39, 0.29) is 12.2 Å². The van der Waals surface area contributed by atoms with Gasteiger partial charge in [-0.2, -0.15) is 0 Å². The fourth-order valence-electron chi connectivity index (χ4n) is 2.41. The molecule has 1 N–H and O–H groups in total. The Bertz CT molecular complexity index is 189. The minimum absolute atomic E-state index is 0.217. The molecule has 0 aliphatic carbocycles. The fourth-order valence-corrected chi connectivity index (χ4v) is 2.41. The van der Waals surface area contributed by atoms with Crippen molar-refractivity contribution >= 4 is 0 Å². The summed E-state index contributed by atoms with van der Waals surface area (Å²) in [5.41, 5.74) is 0. The van der Waals surface area contributed by atoms with Crippen molar-refractivity contribution in [1.29, 1.82) is 0 Å². The molecule has 0 bridgehead atoms. The van der Waals surface area contributed by atoms with E-state index in [4.69, 9.17) is 9.47 Å². The zero-order valence-electron chi connectivity index (χ0n) is 11.2. The quantitative estimate of drug-likeness (QED) is 0.723. The maximum Gasteiger partial charge on any atom is 0.0971 e. The number of nitrogens with one attached hydrogen (secondary N) is 1. The monoisotopic (exact) mass is 230 g/mol. The van der Waals surface area contributed by atoms with Crippen LogP contribution in [0.4, 0.5) is 0 Å². The van der Waals surface area contributed by atoms with Crippen LogP contribution in [0.2, 0.25) is 0 Å². The molecule has 16 heavy (non-hydrogen) atoms. The molecule has 1 rings (SSSR count). The highest BCUT2D eigenvalue weighted by atomic mass is 16.5. The minimum Gasteiger partial charge on any atom is -0.377 e. The van der Waals surface area contributed by atoms with Crippen LogP contribution in [0.1, 0.15) is 13.8 Å². The molecular formula is C12H26N2O2. The van der Waals surface area contributed by atoms with Crippen molar-refractivity contribution in [3.8, 4) is 0 Å². The van der Waals surface area contributed by atoms with Crippen molar-refractivity contribution in [3.05, 3.63) is 0 Å². The molecule has 0 aromatic heterocycles. The first kappa shape index (κ1) is 13.9. The highest BCUT2D eigenvalue weighted by Crippen LogP contribution is 2.21. The summed E-state index contributed by atoms with van der Waals surface area (Å²) in [5.74, 6) is 0.637. The lowest BCUT2D eigenvalue weighted by Gasteiger charge is -2.29. The molecule has 1 heterocycles. The Labute approximate surface area is 99.3 Å². The Morgan fingerprint density at radius 1 is 1.19 bits per heavy atom. The van der Waals surface area contributed by atoms with Crippen LogP contribution >= 0.6 is 0 Å². The number of methoxy groups -OCH3 is 2. The third-order valence-electron chi connectivity index (χ3n) is 3.77. The van der Waals surface area contributed by atoms with Crippen LogP contribution in [0.15, 0.2) is 0 Å². The maximum atomic E-state index is 5.45. The standard InChI is InChI=1S/C12H26N2O2/c1-9(6-13-3)10(2)14-7-11(15-4)12(8-14)16-5/h9-13H,6-8H2,1-5H3. The third kappa shape index (κ3) is 3.17. The van der Waals surface area contributed by atoms with Crippen LogP contribution in [-0.4, -0.2) is 64.1 Å². The molecule has 0 aromatic carbocycles. The number of nitrogens with zero attached hydrogens (tertiary/aromatic N) is 1. The average molecular weight is 230 g/mol. The Morgan fingerprint density at radius 2 is 1.69 bits per heavy atom. The van der Waals surface area contributed by atoms with Crippen molar-refractivity contribution in [2.45, 2.75) is 32.1 Å². The van der Waals surface area contributed by atoms with E-state index in [9.17, 15) is 0 Å². The van der Waals surface area contributed by atoms with Crippen molar-refractivity contribution < 1.29 is 9.47 Å². The van der Waals surface area contributed by atoms with Crippen LogP contribution < -0.4 is 5.32 Å². The summed E-state index contributed by atoms with van der Waals surface area (Å²) in [7, 11) is 5.53. The number of hydrogen-bond donors (Lipinski definition) is 1. The van der Waals surface area contributed by atoms with Gasteiger partial charge < -0.3 is 14.8 Å². The van der Waals surface area contributed by atoms with E-state index < -0.39 is 0 Å². The van der Waals surface area contributed by atoms with Gasteiger partial charge in [0.05, 0.1) is 12.2 Å². The van der Waals surface area contributed by atoms with Crippen molar-refractivity contribution in [2.75, 3.05) is 40.9 Å². The molecule has 0 amide bonds. The van der Waals surface area contributed by atoms with Gasteiger partial charge >= 0.3 is 0 Å². The second-order valence-corrected chi connectivity index (χ2v) is 4.78. The van der Waals surface area contributed by atoms with E-state index in [2.05, 4.69) is 24.1 Å². The van der Waals surface area contributed by atoms with Gasteiger partial charge in [0.1, 0.15) is 0 Å². The lowest BCUT2D eigenvalue weighted by atomic mass is 10.0. The van der Waals surface area contributed by atoms with E-state index in [1.807, 2.05) is 7.05 Å². The molecule has 4 nitrogen and oxygen atoms in total. The van der Waals surface area contributed by atoms with E-state index in [1.165, 1.54) is 0 Å². The first-order valence-electron chi connectivity index (χ1n) is 6.08. The Balaban J connectivity index is 2.49. The van der Waals surface area contributed by atoms with Gasteiger partial charge in [-0.25, -0.2) is 0 Å². The Morgan fingerprint density at radius 3 is 2.06 bits per heavy atom. The average Bonchev–Trinajstić information content (AvgIpc) is 2.71. The summed E-state index contributed by atoms with van der Waals surface area (Å²) in [5, 5.41) is 3.23. The predicted octanol–water partition coefficient (Wildman–Crippen LogP) is 0.576. The zero-order chi connectivity index (χ0) is 12.1. The predicted molar refractivity (Wildman–Crippen MR) is 65.7 cm³/mol. The van der Waals surface area contributed by atoms with Crippen LogP contribution in [-0.2, 0) is 9.47 Å². The highest BCUT2D eigenvalue weighted by molar-refractivity contribution is 4.89. The molecule has 1 fully saturated rings. The molecule has 0 aromatic rings. The van der Waals surface area contributed by atoms with Crippen molar-refractivity contribution in [3.63, 3.8) is 0 Å². The second kappa shape index (κ2) is 6.55. The molecule has 1 saturated heterocycles. The van der Waals surface area contributed by atoms with E-state index in [1.54, 1.807) is 14.2 Å². The third-order valence-corrected chi connectivity index (χ3v) is 3.77. The number of ether oxygens (including phenoxy) is 2. The Kier molecular flexibility index (Phi) is 5.69. The number of hydrogen-bond acceptors (Lipinski definition) is 4. The van der Waals surface area contributed by atoms with Gasteiger partial charge in [-0.05, 0) is 26.4 Å². The van der Waals surface area contributed by atoms with Crippen LogP contribution in [0.5, 0.6) is 0 Å². The topological polar surface area (TPSA) is 33.7 Å². The largest absolute Gasteiger partial charge is 0.377 e. The molecule has 1 aliphatic heterocycles. The molecule has 96 valence electrons. The molecule has 4 atom stereocenters. The fraction of sp³-hybridized carbons (Fsp3) is 1.00. The smallest absolute Gasteiger partial charge is 0.0971 e. The van der Waals surface area contributed by atoms with Crippen molar-refractivity contribution in [2.24, 2.45) is 5.92 Å². The normalized spacial score (nSPS) is 30.6. The van der Waals surface area contributed by atoms with Gasteiger partial charge in [0.2, 0.25) is 0 Å². The lowest BCUT2D eigenvalue weighted by molar-refractivity contribution is -0.00461. The number of rotatable bonds is 6. The minimum atomic E-state index is 0.217. The summed E-state index contributed by atoms with van der Waals surface area (Å²) >= 11 is 0. The first-order valence-corrected chi connectivity index (χ1v) is 6.08. The number of likely N-dealkylation sites (tertiary alicyclic amines) is 1. The molecule has 0 radical (unpaired) electrons. The van der Waals surface area contributed by atoms with Gasteiger partial charge in [0.15, 0.2) is 0 Å². The maximum absolute atomic E-state index is 5.45. The molecule has 0 saturated carbocycles. The van der Waals surface area contributed by atoms with Gasteiger partial charge in [-0.3, -0.25) is 4.90 Å². The van der Waals surface area contributed by atoms with Crippen molar-refractivity contribution in [1.82, 2.24) is 10.2 Å². The van der Waals surface area contributed by atoms with Crippen LogP contribution in [0.25, 0.3) is 0 Å².